The Labute approximate surface area is 113 Å². The van der Waals surface area contributed by atoms with Crippen molar-refractivity contribution in [3.63, 3.8) is 0 Å². The van der Waals surface area contributed by atoms with Crippen molar-refractivity contribution in [2.45, 2.75) is 25.8 Å². The normalized spacial score (nSPS) is 11.1. The summed E-state index contributed by atoms with van der Waals surface area (Å²) in [6, 6.07) is 0. The summed E-state index contributed by atoms with van der Waals surface area (Å²) in [6.07, 6.45) is 2.76. The summed E-state index contributed by atoms with van der Waals surface area (Å²) in [5, 5.41) is 8.58. The smallest absolute Gasteiger partial charge is 0.332 e. The maximum atomic E-state index is 12.1. The molecule has 0 atom stereocenters. The summed E-state index contributed by atoms with van der Waals surface area (Å²) in [5.41, 5.74) is -0.0984. The molecule has 0 aliphatic carbocycles. The third-order valence-corrected chi connectivity index (χ3v) is 3.26. The number of hydrogen-bond acceptors (Lipinski definition) is 4. The van der Waals surface area contributed by atoms with Crippen LogP contribution in [0.2, 0.25) is 0 Å². The van der Waals surface area contributed by atoms with Crippen molar-refractivity contribution in [1.29, 1.82) is 0 Å². The van der Waals surface area contributed by atoms with Crippen molar-refractivity contribution < 1.29 is 9.90 Å². The van der Waals surface area contributed by atoms with Crippen LogP contribution < -0.4 is 11.2 Å². The number of aromatic nitrogens is 4. The first kappa shape index (κ1) is 14.0. The molecule has 0 aromatic carbocycles. The van der Waals surface area contributed by atoms with Gasteiger partial charge in [0, 0.05) is 27.1 Å². The molecule has 0 aliphatic rings. The van der Waals surface area contributed by atoms with E-state index in [1.807, 2.05) is 0 Å². The zero-order valence-corrected chi connectivity index (χ0v) is 11.4. The molecule has 0 spiro atoms. The second-order valence-electron chi connectivity index (χ2n) is 4.67. The molecule has 0 aliphatic heterocycles. The van der Waals surface area contributed by atoms with Crippen molar-refractivity contribution in [2.75, 3.05) is 0 Å². The number of unbranched alkanes of at least 4 members (excludes halogenated alkanes) is 1. The Hall–Kier alpha value is -2.38. The molecule has 0 fully saturated rings. The van der Waals surface area contributed by atoms with Gasteiger partial charge in [-0.1, -0.05) is 0 Å². The van der Waals surface area contributed by atoms with E-state index in [9.17, 15) is 14.4 Å². The molecular weight excluding hydrogens is 264 g/mol. The number of carboxylic acids is 1. The van der Waals surface area contributed by atoms with Crippen molar-refractivity contribution >= 4 is 17.1 Å². The molecule has 0 saturated carbocycles. The van der Waals surface area contributed by atoms with E-state index in [0.29, 0.717) is 30.6 Å². The zero-order valence-electron chi connectivity index (χ0n) is 11.4. The predicted octanol–water partition coefficient (Wildman–Crippen LogP) is -0.311. The Balaban J connectivity index is 2.35. The van der Waals surface area contributed by atoms with E-state index in [-0.39, 0.29) is 12.0 Å². The Bertz CT molecular complexity index is 768. The minimum absolute atomic E-state index is 0.100. The summed E-state index contributed by atoms with van der Waals surface area (Å²) in [7, 11) is 2.98. The quantitative estimate of drug-likeness (QED) is 0.757. The molecule has 8 heteroatoms. The lowest BCUT2D eigenvalue weighted by atomic mass is 10.2. The molecule has 0 saturated heterocycles. The molecule has 20 heavy (non-hydrogen) atoms. The lowest BCUT2D eigenvalue weighted by Gasteiger charge is -2.06. The van der Waals surface area contributed by atoms with Crippen molar-refractivity contribution in [1.82, 2.24) is 18.7 Å². The van der Waals surface area contributed by atoms with Gasteiger partial charge in [0.15, 0.2) is 11.2 Å². The standard InChI is InChI=1S/C12H16N4O4/c1-14-10-9(11(19)15(2)12(14)20)16(7-13-10)6-4-3-5-8(17)18/h7H,3-6H2,1-2H3,(H,17,18). The highest BCUT2D eigenvalue weighted by molar-refractivity contribution is 5.70. The molecule has 2 aromatic rings. The number of imidazole rings is 1. The highest BCUT2D eigenvalue weighted by atomic mass is 16.4. The lowest BCUT2D eigenvalue weighted by Crippen LogP contribution is -2.37. The maximum absolute atomic E-state index is 12.1. The number of aryl methyl sites for hydroxylation is 2. The highest BCUT2D eigenvalue weighted by Gasteiger charge is 2.13. The van der Waals surface area contributed by atoms with Gasteiger partial charge < -0.3 is 9.67 Å². The van der Waals surface area contributed by atoms with Crippen LogP contribution in [0.1, 0.15) is 19.3 Å². The topological polar surface area (TPSA) is 99.1 Å². The predicted molar refractivity (Wildman–Crippen MR) is 71.7 cm³/mol. The fourth-order valence-electron chi connectivity index (χ4n) is 2.12. The molecule has 0 radical (unpaired) electrons. The lowest BCUT2D eigenvalue weighted by molar-refractivity contribution is -0.137. The monoisotopic (exact) mass is 280 g/mol. The van der Waals surface area contributed by atoms with Crippen LogP contribution in [0.25, 0.3) is 11.2 Å². The van der Waals surface area contributed by atoms with Gasteiger partial charge in [0.25, 0.3) is 5.56 Å². The first-order chi connectivity index (χ1) is 9.43. The number of fused-ring (bicyclic) bond motifs is 1. The van der Waals surface area contributed by atoms with E-state index >= 15 is 0 Å². The fourth-order valence-corrected chi connectivity index (χ4v) is 2.12. The largest absolute Gasteiger partial charge is 0.481 e. The number of hydrogen-bond donors (Lipinski definition) is 1. The van der Waals surface area contributed by atoms with Crippen LogP contribution in [-0.2, 0) is 25.4 Å². The summed E-state index contributed by atoms with van der Waals surface area (Å²) < 4.78 is 4.03. The van der Waals surface area contributed by atoms with Gasteiger partial charge in [-0.25, -0.2) is 9.78 Å². The second-order valence-corrected chi connectivity index (χ2v) is 4.67. The fraction of sp³-hybridized carbons (Fsp3) is 0.500. The zero-order chi connectivity index (χ0) is 14.9. The Morgan fingerprint density at radius 2 is 1.95 bits per heavy atom. The van der Waals surface area contributed by atoms with Crippen molar-refractivity contribution in [3.05, 3.63) is 27.2 Å². The first-order valence-electron chi connectivity index (χ1n) is 6.26. The summed E-state index contributed by atoms with van der Waals surface area (Å²) in [5.74, 6) is -0.834. The molecule has 8 nitrogen and oxygen atoms in total. The Morgan fingerprint density at radius 1 is 1.25 bits per heavy atom. The van der Waals surface area contributed by atoms with Crippen LogP contribution >= 0.6 is 0 Å². The number of carboxylic acid groups (broad SMARTS) is 1. The van der Waals surface area contributed by atoms with E-state index < -0.39 is 11.7 Å². The van der Waals surface area contributed by atoms with Crippen LogP contribution in [0.4, 0.5) is 0 Å². The van der Waals surface area contributed by atoms with Crippen LogP contribution in [0.5, 0.6) is 0 Å². The van der Waals surface area contributed by atoms with Crippen LogP contribution in [0, 0.1) is 0 Å². The molecule has 0 amide bonds. The summed E-state index contributed by atoms with van der Waals surface area (Å²) in [6.45, 7) is 0.497. The van der Waals surface area contributed by atoms with Crippen LogP contribution in [-0.4, -0.2) is 29.8 Å². The molecule has 108 valence electrons. The average Bonchev–Trinajstić information content (AvgIpc) is 2.82. The van der Waals surface area contributed by atoms with Gasteiger partial charge in [-0.3, -0.25) is 18.7 Å². The van der Waals surface area contributed by atoms with E-state index in [1.54, 1.807) is 11.6 Å². The molecule has 2 rings (SSSR count). The van der Waals surface area contributed by atoms with Gasteiger partial charge in [0.2, 0.25) is 0 Å². The van der Waals surface area contributed by atoms with Crippen molar-refractivity contribution in [3.8, 4) is 0 Å². The second kappa shape index (κ2) is 5.32. The van der Waals surface area contributed by atoms with E-state index in [0.717, 1.165) is 4.57 Å². The minimum atomic E-state index is -0.834. The highest BCUT2D eigenvalue weighted by Crippen LogP contribution is 2.07. The molecule has 2 heterocycles. The van der Waals surface area contributed by atoms with Gasteiger partial charge in [0.1, 0.15) is 0 Å². The molecule has 0 unspecified atom stereocenters. The molecule has 0 bridgehead atoms. The van der Waals surface area contributed by atoms with Gasteiger partial charge in [-0.05, 0) is 12.8 Å². The molecule has 2 aromatic heterocycles. The maximum Gasteiger partial charge on any atom is 0.332 e. The Kier molecular flexibility index (Phi) is 3.73. The van der Waals surface area contributed by atoms with E-state index in [1.165, 1.54) is 17.9 Å². The number of rotatable bonds is 5. The van der Waals surface area contributed by atoms with Crippen LogP contribution in [0.3, 0.4) is 0 Å². The Morgan fingerprint density at radius 3 is 2.60 bits per heavy atom. The summed E-state index contributed by atoms with van der Waals surface area (Å²) in [4.78, 5) is 38.4. The number of carbonyl (C=O) groups is 1. The number of aliphatic carboxylic acids is 1. The van der Waals surface area contributed by atoms with Crippen LogP contribution in [0.15, 0.2) is 15.9 Å². The average molecular weight is 280 g/mol. The first-order valence-corrected chi connectivity index (χ1v) is 6.26. The van der Waals surface area contributed by atoms with Crippen molar-refractivity contribution in [2.24, 2.45) is 14.1 Å². The van der Waals surface area contributed by atoms with Gasteiger partial charge in [-0.15, -0.1) is 0 Å². The van der Waals surface area contributed by atoms with Gasteiger partial charge in [0.05, 0.1) is 6.33 Å². The van der Waals surface area contributed by atoms with E-state index in [2.05, 4.69) is 4.98 Å². The SMILES string of the molecule is Cn1c(=O)c2c(ncn2CCCCC(=O)O)n(C)c1=O. The third kappa shape index (κ3) is 2.36. The molecular formula is C12H16N4O4. The third-order valence-electron chi connectivity index (χ3n) is 3.26. The summed E-state index contributed by atoms with van der Waals surface area (Å²) >= 11 is 0. The van der Waals surface area contributed by atoms with Gasteiger partial charge >= 0.3 is 11.7 Å². The minimum Gasteiger partial charge on any atom is -0.481 e. The number of nitrogens with zero attached hydrogens (tertiary/aromatic N) is 4. The van der Waals surface area contributed by atoms with Gasteiger partial charge in [-0.2, -0.15) is 0 Å². The van der Waals surface area contributed by atoms with E-state index in [4.69, 9.17) is 5.11 Å². The molecule has 1 N–H and O–H groups in total.